The van der Waals surface area contributed by atoms with Crippen molar-refractivity contribution in [1.82, 2.24) is 9.80 Å². The van der Waals surface area contributed by atoms with E-state index in [0.29, 0.717) is 46.1 Å². The maximum absolute atomic E-state index is 12.6. The Labute approximate surface area is 124 Å². The van der Waals surface area contributed by atoms with E-state index in [0.717, 1.165) is 12.8 Å². The zero-order valence-corrected chi connectivity index (χ0v) is 12.2. The van der Waals surface area contributed by atoms with Crippen LogP contribution in [0.4, 0.5) is 0 Å². The number of nitrogens with two attached hydrogens (primary N) is 1. The minimum atomic E-state index is -0.330. The summed E-state index contributed by atoms with van der Waals surface area (Å²) in [4.78, 5) is 28.8. The van der Waals surface area contributed by atoms with E-state index < -0.39 is 0 Å². The number of hydrogen-bond acceptors (Lipinski definition) is 5. The molecule has 118 valence electrons. The molecule has 2 amide bonds. The van der Waals surface area contributed by atoms with Crippen LogP contribution in [0.3, 0.4) is 0 Å². The number of morpholine rings is 1. The van der Waals surface area contributed by atoms with E-state index in [2.05, 4.69) is 0 Å². The van der Waals surface area contributed by atoms with Crippen molar-refractivity contribution in [1.29, 1.82) is 0 Å². The first-order chi connectivity index (χ1) is 10.2. The quantitative estimate of drug-likeness (QED) is 0.693. The molecule has 3 heterocycles. The predicted octanol–water partition coefficient (Wildman–Crippen LogP) is -1.19. The Morgan fingerprint density at radius 3 is 2.43 bits per heavy atom. The summed E-state index contributed by atoms with van der Waals surface area (Å²) < 4.78 is 10.6. The Kier molecular flexibility index (Phi) is 4.42. The van der Waals surface area contributed by atoms with Gasteiger partial charge in [0.25, 0.3) is 0 Å². The molecule has 3 rings (SSSR count). The first-order valence-electron chi connectivity index (χ1n) is 7.69. The van der Waals surface area contributed by atoms with Crippen molar-refractivity contribution < 1.29 is 19.1 Å². The summed E-state index contributed by atoms with van der Waals surface area (Å²) in [5.74, 6) is -0.274. The summed E-state index contributed by atoms with van der Waals surface area (Å²) in [6.07, 6.45) is 1.61. The highest BCUT2D eigenvalue weighted by Gasteiger charge is 2.42. The largest absolute Gasteiger partial charge is 0.379 e. The van der Waals surface area contributed by atoms with Gasteiger partial charge in [-0.15, -0.1) is 0 Å². The molecule has 0 spiro atoms. The number of amides is 2. The van der Waals surface area contributed by atoms with Crippen LogP contribution in [-0.2, 0) is 19.1 Å². The summed E-state index contributed by atoms with van der Waals surface area (Å²) in [6, 6.07) is -0.583. The first kappa shape index (κ1) is 14.7. The summed E-state index contributed by atoms with van der Waals surface area (Å²) in [5, 5.41) is 0. The molecule has 7 heteroatoms. The van der Waals surface area contributed by atoms with Gasteiger partial charge in [-0.2, -0.15) is 0 Å². The molecule has 3 aliphatic rings. The number of carbonyl (C=O) groups is 2. The van der Waals surface area contributed by atoms with E-state index in [1.165, 1.54) is 0 Å². The molecular weight excluding hydrogens is 274 g/mol. The van der Waals surface area contributed by atoms with E-state index in [9.17, 15) is 9.59 Å². The SMILES string of the molecule is NC1COCC1C(=O)N1CCCC1C(=O)N1CCOCC1. The van der Waals surface area contributed by atoms with Crippen LogP contribution in [0.15, 0.2) is 0 Å². The first-order valence-corrected chi connectivity index (χ1v) is 7.69. The van der Waals surface area contributed by atoms with Crippen LogP contribution in [0.2, 0.25) is 0 Å². The van der Waals surface area contributed by atoms with Crippen LogP contribution in [0, 0.1) is 5.92 Å². The molecular formula is C14H23N3O4. The number of ether oxygens (including phenoxy) is 2. The standard InChI is InChI=1S/C14H23N3O4/c15-11-9-21-8-10(11)13(18)17-3-1-2-12(17)14(19)16-4-6-20-7-5-16/h10-12H,1-9,15H2. The van der Waals surface area contributed by atoms with Crippen molar-refractivity contribution in [2.75, 3.05) is 46.1 Å². The number of hydrogen-bond donors (Lipinski definition) is 1. The van der Waals surface area contributed by atoms with E-state index in [-0.39, 0.29) is 29.8 Å². The second kappa shape index (κ2) is 6.29. The van der Waals surface area contributed by atoms with Crippen molar-refractivity contribution in [3.05, 3.63) is 0 Å². The van der Waals surface area contributed by atoms with Gasteiger partial charge in [-0.3, -0.25) is 9.59 Å². The average molecular weight is 297 g/mol. The number of nitrogens with zero attached hydrogens (tertiary/aromatic N) is 2. The molecule has 0 bridgehead atoms. The molecule has 7 nitrogen and oxygen atoms in total. The van der Waals surface area contributed by atoms with Crippen LogP contribution in [-0.4, -0.2) is 79.8 Å². The lowest BCUT2D eigenvalue weighted by Crippen LogP contribution is -2.53. The van der Waals surface area contributed by atoms with Gasteiger partial charge < -0.3 is 25.0 Å². The van der Waals surface area contributed by atoms with Gasteiger partial charge in [0.05, 0.1) is 32.3 Å². The molecule has 3 atom stereocenters. The molecule has 0 aromatic heterocycles. The topological polar surface area (TPSA) is 85.1 Å². The molecule has 2 N–H and O–H groups in total. The zero-order chi connectivity index (χ0) is 14.8. The molecule has 3 unspecified atom stereocenters. The zero-order valence-electron chi connectivity index (χ0n) is 12.2. The van der Waals surface area contributed by atoms with Crippen LogP contribution < -0.4 is 5.73 Å². The summed E-state index contributed by atoms with van der Waals surface area (Å²) >= 11 is 0. The fourth-order valence-corrected chi connectivity index (χ4v) is 3.32. The van der Waals surface area contributed by atoms with Gasteiger partial charge in [-0.05, 0) is 12.8 Å². The molecule has 0 radical (unpaired) electrons. The fraction of sp³-hybridized carbons (Fsp3) is 0.857. The summed E-state index contributed by atoms with van der Waals surface area (Å²) in [6.45, 7) is 3.82. The second-order valence-electron chi connectivity index (χ2n) is 5.94. The van der Waals surface area contributed by atoms with E-state index in [1.807, 2.05) is 4.90 Å². The average Bonchev–Trinajstić information content (AvgIpc) is 3.15. The molecule has 3 fully saturated rings. The smallest absolute Gasteiger partial charge is 0.245 e. The van der Waals surface area contributed by atoms with E-state index >= 15 is 0 Å². The van der Waals surface area contributed by atoms with Gasteiger partial charge in [-0.1, -0.05) is 0 Å². The highest BCUT2D eigenvalue weighted by molar-refractivity contribution is 5.89. The van der Waals surface area contributed by atoms with Crippen LogP contribution in [0.25, 0.3) is 0 Å². The predicted molar refractivity (Wildman–Crippen MR) is 74.4 cm³/mol. The minimum absolute atomic E-state index is 0.0240. The van der Waals surface area contributed by atoms with Crippen molar-refractivity contribution in [2.45, 2.75) is 24.9 Å². The highest BCUT2D eigenvalue weighted by atomic mass is 16.5. The third kappa shape index (κ3) is 2.90. The van der Waals surface area contributed by atoms with Crippen molar-refractivity contribution in [3.8, 4) is 0 Å². The van der Waals surface area contributed by atoms with Crippen LogP contribution in [0.5, 0.6) is 0 Å². The highest BCUT2D eigenvalue weighted by Crippen LogP contribution is 2.24. The Morgan fingerprint density at radius 2 is 1.76 bits per heavy atom. The Morgan fingerprint density at radius 1 is 1.00 bits per heavy atom. The molecule has 0 saturated carbocycles. The van der Waals surface area contributed by atoms with Crippen molar-refractivity contribution >= 4 is 11.8 Å². The maximum atomic E-state index is 12.6. The number of rotatable bonds is 2. The van der Waals surface area contributed by atoms with Crippen LogP contribution in [0.1, 0.15) is 12.8 Å². The lowest BCUT2D eigenvalue weighted by molar-refractivity contribution is -0.148. The fourth-order valence-electron chi connectivity index (χ4n) is 3.32. The molecule has 21 heavy (non-hydrogen) atoms. The monoisotopic (exact) mass is 297 g/mol. The molecule has 0 aromatic rings. The van der Waals surface area contributed by atoms with Crippen LogP contribution >= 0.6 is 0 Å². The van der Waals surface area contributed by atoms with Gasteiger partial charge in [0.1, 0.15) is 6.04 Å². The number of carbonyl (C=O) groups excluding carboxylic acids is 2. The van der Waals surface area contributed by atoms with Gasteiger partial charge in [-0.25, -0.2) is 0 Å². The van der Waals surface area contributed by atoms with Gasteiger partial charge in [0.2, 0.25) is 11.8 Å². The van der Waals surface area contributed by atoms with E-state index in [1.54, 1.807) is 4.90 Å². The van der Waals surface area contributed by atoms with Crippen molar-refractivity contribution in [3.63, 3.8) is 0 Å². The Bertz CT molecular complexity index is 411. The third-order valence-electron chi connectivity index (χ3n) is 4.59. The van der Waals surface area contributed by atoms with E-state index in [4.69, 9.17) is 15.2 Å². The summed E-state index contributed by atoms with van der Waals surface area (Å²) in [7, 11) is 0. The van der Waals surface area contributed by atoms with Gasteiger partial charge in [0, 0.05) is 25.7 Å². The second-order valence-corrected chi connectivity index (χ2v) is 5.94. The molecule has 0 aromatic carbocycles. The normalized spacial score (nSPS) is 33.5. The minimum Gasteiger partial charge on any atom is -0.379 e. The Balaban J connectivity index is 1.67. The maximum Gasteiger partial charge on any atom is 0.245 e. The lowest BCUT2D eigenvalue weighted by atomic mass is 10.0. The molecule has 3 aliphatic heterocycles. The van der Waals surface area contributed by atoms with Crippen molar-refractivity contribution in [2.24, 2.45) is 11.7 Å². The Hall–Kier alpha value is -1.18. The van der Waals surface area contributed by atoms with Gasteiger partial charge >= 0.3 is 0 Å². The summed E-state index contributed by atoms with van der Waals surface area (Å²) in [5.41, 5.74) is 5.93. The lowest BCUT2D eigenvalue weighted by Gasteiger charge is -2.33. The molecule has 0 aliphatic carbocycles. The van der Waals surface area contributed by atoms with Gasteiger partial charge in [0.15, 0.2) is 0 Å². The molecule has 3 saturated heterocycles. The number of likely N-dealkylation sites (tertiary alicyclic amines) is 1. The third-order valence-corrected chi connectivity index (χ3v) is 4.59.